The quantitative estimate of drug-likeness (QED) is 0.446. The summed E-state index contributed by atoms with van der Waals surface area (Å²) in [5.74, 6) is -0.602. The molecule has 2 fully saturated rings. The highest BCUT2D eigenvalue weighted by atomic mass is 19.3. The van der Waals surface area contributed by atoms with Crippen LogP contribution in [0.4, 0.5) is 29.1 Å². The van der Waals surface area contributed by atoms with Crippen molar-refractivity contribution in [2.75, 3.05) is 36.5 Å². The summed E-state index contributed by atoms with van der Waals surface area (Å²) in [6, 6.07) is 7.05. The Morgan fingerprint density at radius 2 is 1.97 bits per heavy atom. The molecule has 10 heteroatoms. The fourth-order valence-corrected chi connectivity index (χ4v) is 4.63. The largest absolute Gasteiger partial charge is 0.380 e. The Balaban J connectivity index is 1.39. The molecule has 6 nitrogen and oxygen atoms in total. The Kier molecular flexibility index (Phi) is 4.48. The summed E-state index contributed by atoms with van der Waals surface area (Å²) in [5, 5.41) is 3.66. The lowest BCUT2D eigenvalue weighted by Gasteiger charge is -2.56. The predicted octanol–water partition coefficient (Wildman–Crippen LogP) is 4.55. The van der Waals surface area contributed by atoms with E-state index in [-0.39, 0.29) is 23.3 Å². The zero-order chi connectivity index (χ0) is 22.7. The van der Waals surface area contributed by atoms with Gasteiger partial charge in [0.1, 0.15) is 17.5 Å². The van der Waals surface area contributed by atoms with Crippen molar-refractivity contribution in [3.8, 4) is 0 Å². The van der Waals surface area contributed by atoms with Crippen LogP contribution in [0.3, 0.4) is 0 Å². The third-order valence-corrected chi connectivity index (χ3v) is 6.41. The Bertz CT molecular complexity index is 1380. The van der Waals surface area contributed by atoms with Crippen molar-refractivity contribution < 1.29 is 22.3 Å². The van der Waals surface area contributed by atoms with E-state index in [0.29, 0.717) is 54.5 Å². The highest BCUT2D eigenvalue weighted by Gasteiger charge is 2.49. The molecule has 2 aliphatic heterocycles. The molecule has 2 aromatic carbocycles. The minimum atomic E-state index is -2.91. The summed E-state index contributed by atoms with van der Waals surface area (Å²) >= 11 is 0. The second-order valence-electron chi connectivity index (χ2n) is 8.70. The highest BCUT2D eigenvalue weighted by molar-refractivity contribution is 5.94. The summed E-state index contributed by atoms with van der Waals surface area (Å²) in [6.07, 6.45) is 0.333. The number of nitrogens with zero attached hydrogens (tertiary/aromatic N) is 4. The Morgan fingerprint density at radius 3 is 2.70 bits per heavy atom. The topological polar surface area (TPSA) is 54.7 Å². The molecule has 0 aliphatic carbocycles. The Morgan fingerprint density at radius 1 is 1.15 bits per heavy atom. The van der Waals surface area contributed by atoms with Gasteiger partial charge in [0.25, 0.3) is 6.43 Å². The van der Waals surface area contributed by atoms with Crippen molar-refractivity contribution in [3.63, 3.8) is 0 Å². The monoisotopic (exact) mass is 457 g/mol. The molecule has 1 N–H and O–H groups in total. The standard InChI is InChI=1S/C23H19F4N5O/c24-16-7-17-15(6-18(16)31-9-23(10-31)11-33-12-23)21(30-22-28-4-5-32(17)22)29-8-13-2-1-3-14(19(13)25)20(26)27/h1-7,20H,8-12H2,(H,28,29,30). The van der Waals surface area contributed by atoms with E-state index < -0.39 is 17.8 Å². The number of hydrogen-bond acceptors (Lipinski definition) is 5. The minimum Gasteiger partial charge on any atom is -0.380 e. The number of alkyl halides is 2. The van der Waals surface area contributed by atoms with Gasteiger partial charge in [-0.1, -0.05) is 18.2 Å². The number of fused-ring (bicyclic) bond motifs is 3. The van der Waals surface area contributed by atoms with Gasteiger partial charge in [0.2, 0.25) is 5.78 Å². The van der Waals surface area contributed by atoms with Crippen LogP contribution >= 0.6 is 0 Å². The van der Waals surface area contributed by atoms with Crippen molar-refractivity contribution in [1.29, 1.82) is 0 Å². The van der Waals surface area contributed by atoms with Gasteiger partial charge in [0, 0.05) is 49.0 Å². The van der Waals surface area contributed by atoms with Crippen molar-refractivity contribution in [1.82, 2.24) is 14.4 Å². The molecule has 0 amide bonds. The predicted molar refractivity (Wildman–Crippen MR) is 115 cm³/mol. The summed E-state index contributed by atoms with van der Waals surface area (Å²) in [7, 11) is 0. The van der Waals surface area contributed by atoms with Crippen LogP contribution in [0, 0.1) is 17.0 Å². The van der Waals surface area contributed by atoms with Crippen LogP contribution in [-0.4, -0.2) is 40.7 Å². The maximum absolute atomic E-state index is 15.1. The number of hydrogen-bond donors (Lipinski definition) is 1. The van der Waals surface area contributed by atoms with E-state index in [2.05, 4.69) is 15.3 Å². The molecule has 6 rings (SSSR count). The summed E-state index contributed by atoms with van der Waals surface area (Å²) in [4.78, 5) is 10.7. The molecular formula is C23H19F4N5O. The van der Waals surface area contributed by atoms with Gasteiger partial charge in [-0.3, -0.25) is 4.40 Å². The molecule has 2 aliphatic rings. The number of imidazole rings is 1. The molecule has 0 radical (unpaired) electrons. The number of halogens is 4. The lowest BCUT2D eigenvalue weighted by atomic mass is 9.77. The van der Waals surface area contributed by atoms with Gasteiger partial charge in [-0.05, 0) is 6.07 Å². The first kappa shape index (κ1) is 20.2. The van der Waals surface area contributed by atoms with Crippen LogP contribution in [0.1, 0.15) is 17.6 Å². The molecule has 0 unspecified atom stereocenters. The SMILES string of the molecule is Fc1cc2c(cc1N1CC3(COC3)C1)c(NCc1cccc(C(F)F)c1F)nc1nccn12. The third-order valence-electron chi connectivity index (χ3n) is 6.41. The molecule has 0 saturated carbocycles. The van der Waals surface area contributed by atoms with E-state index in [0.717, 1.165) is 6.07 Å². The molecule has 33 heavy (non-hydrogen) atoms. The van der Waals surface area contributed by atoms with E-state index in [1.807, 2.05) is 4.90 Å². The Labute approximate surface area is 185 Å². The first-order valence-corrected chi connectivity index (χ1v) is 10.5. The molecule has 0 atom stereocenters. The van der Waals surface area contributed by atoms with Crippen LogP contribution in [-0.2, 0) is 11.3 Å². The highest BCUT2D eigenvalue weighted by Crippen LogP contribution is 2.42. The zero-order valence-corrected chi connectivity index (χ0v) is 17.4. The van der Waals surface area contributed by atoms with Gasteiger partial charge in [-0.15, -0.1) is 0 Å². The number of nitrogens with one attached hydrogen (secondary N) is 1. The van der Waals surface area contributed by atoms with E-state index in [1.54, 1.807) is 22.9 Å². The first-order valence-electron chi connectivity index (χ1n) is 10.5. The summed E-state index contributed by atoms with van der Waals surface area (Å²) in [5.41, 5.74) is 0.553. The van der Waals surface area contributed by atoms with Crippen molar-refractivity contribution in [3.05, 3.63) is 65.5 Å². The fourth-order valence-electron chi connectivity index (χ4n) is 4.63. The molecule has 170 valence electrons. The van der Waals surface area contributed by atoms with Gasteiger partial charge in [-0.2, -0.15) is 4.98 Å². The molecule has 1 spiro atoms. The lowest BCUT2D eigenvalue weighted by molar-refractivity contribution is -0.127. The Hall–Kier alpha value is -3.40. The number of benzene rings is 2. The van der Waals surface area contributed by atoms with Crippen LogP contribution in [0.2, 0.25) is 0 Å². The van der Waals surface area contributed by atoms with E-state index >= 15 is 4.39 Å². The molecule has 0 bridgehead atoms. The number of anilines is 2. The fraction of sp³-hybridized carbons (Fsp3) is 0.304. The molecule has 2 aromatic heterocycles. The van der Waals surface area contributed by atoms with Crippen LogP contribution < -0.4 is 10.2 Å². The second kappa shape index (κ2) is 7.31. The van der Waals surface area contributed by atoms with E-state index in [4.69, 9.17) is 4.74 Å². The number of rotatable bonds is 5. The van der Waals surface area contributed by atoms with Crippen LogP contribution in [0.25, 0.3) is 16.7 Å². The van der Waals surface area contributed by atoms with Gasteiger partial charge < -0.3 is 15.0 Å². The average molecular weight is 457 g/mol. The maximum Gasteiger partial charge on any atom is 0.266 e. The summed E-state index contributed by atoms with van der Waals surface area (Å²) in [6.45, 7) is 2.73. The van der Waals surface area contributed by atoms with Gasteiger partial charge in [0.05, 0.1) is 35.4 Å². The number of ether oxygens (including phenoxy) is 1. The smallest absolute Gasteiger partial charge is 0.266 e. The van der Waals surface area contributed by atoms with E-state index in [1.165, 1.54) is 18.2 Å². The minimum absolute atomic E-state index is 0.0672. The normalized spacial score (nSPS) is 17.1. The second-order valence-corrected chi connectivity index (χ2v) is 8.70. The van der Waals surface area contributed by atoms with Gasteiger partial charge in [0.15, 0.2) is 0 Å². The molecule has 4 heterocycles. The van der Waals surface area contributed by atoms with E-state index in [9.17, 15) is 13.2 Å². The molecule has 4 aromatic rings. The van der Waals surface area contributed by atoms with Gasteiger partial charge in [-0.25, -0.2) is 22.5 Å². The van der Waals surface area contributed by atoms with Crippen molar-refractivity contribution in [2.24, 2.45) is 5.41 Å². The lowest BCUT2D eigenvalue weighted by Crippen LogP contribution is -2.66. The average Bonchev–Trinajstić information content (AvgIpc) is 3.20. The molecular weight excluding hydrogens is 438 g/mol. The first-order chi connectivity index (χ1) is 15.9. The maximum atomic E-state index is 15.1. The van der Waals surface area contributed by atoms with Crippen LogP contribution in [0.5, 0.6) is 0 Å². The molecule has 2 saturated heterocycles. The zero-order valence-electron chi connectivity index (χ0n) is 17.4. The van der Waals surface area contributed by atoms with Crippen molar-refractivity contribution in [2.45, 2.75) is 13.0 Å². The van der Waals surface area contributed by atoms with Crippen LogP contribution in [0.15, 0.2) is 42.7 Å². The van der Waals surface area contributed by atoms with Crippen molar-refractivity contribution >= 4 is 28.2 Å². The summed E-state index contributed by atoms with van der Waals surface area (Å²) < 4.78 is 62.7. The number of aromatic nitrogens is 3. The third kappa shape index (κ3) is 3.19. The van der Waals surface area contributed by atoms with Gasteiger partial charge >= 0.3 is 0 Å².